The van der Waals surface area contributed by atoms with Crippen molar-refractivity contribution in [1.82, 2.24) is 10.2 Å². The van der Waals surface area contributed by atoms with Crippen LogP contribution in [0.5, 0.6) is 0 Å². The van der Waals surface area contributed by atoms with Crippen LogP contribution in [0.3, 0.4) is 0 Å². The first kappa shape index (κ1) is 16.1. The maximum absolute atomic E-state index is 12.3. The quantitative estimate of drug-likeness (QED) is 0.899. The number of aliphatic hydroxyl groups excluding tert-OH is 1. The summed E-state index contributed by atoms with van der Waals surface area (Å²) in [7, 11) is 1.79. The molecule has 0 heterocycles. The predicted molar refractivity (Wildman–Crippen MR) is 84.4 cm³/mol. The Balaban J connectivity index is 1.92. The van der Waals surface area contributed by atoms with Crippen molar-refractivity contribution in [2.45, 2.75) is 50.8 Å². The van der Waals surface area contributed by atoms with E-state index in [2.05, 4.69) is 5.32 Å². The third-order valence-electron chi connectivity index (χ3n) is 4.26. The molecule has 1 aliphatic carbocycles. The molecule has 2 rings (SSSR count). The molecule has 1 atom stereocenters. The van der Waals surface area contributed by atoms with Crippen LogP contribution in [0.4, 0.5) is 4.79 Å². The lowest BCUT2D eigenvalue weighted by atomic mass is 9.93. The molecule has 1 unspecified atom stereocenters. The van der Waals surface area contributed by atoms with Gasteiger partial charge in [-0.2, -0.15) is 0 Å². The van der Waals surface area contributed by atoms with Gasteiger partial charge in [0.15, 0.2) is 0 Å². The van der Waals surface area contributed by atoms with Gasteiger partial charge in [0.25, 0.3) is 0 Å². The van der Waals surface area contributed by atoms with Crippen LogP contribution in [0.1, 0.15) is 44.2 Å². The molecule has 2 N–H and O–H groups in total. The third kappa shape index (κ3) is 4.35. The molecule has 0 aliphatic heterocycles. The van der Waals surface area contributed by atoms with Crippen molar-refractivity contribution in [3.8, 4) is 0 Å². The first-order chi connectivity index (χ1) is 9.97. The number of benzene rings is 1. The number of nitrogens with zero attached hydrogens (tertiary/aromatic N) is 1. The Bertz CT molecular complexity index is 487. The SMILES string of the molecule is CC(c1cccc(Cl)c1)N(C)C(=O)NC1CCC(O)CC1. The molecule has 1 fully saturated rings. The number of carbonyl (C=O) groups excluding carboxylic acids is 1. The summed E-state index contributed by atoms with van der Waals surface area (Å²) >= 11 is 6.00. The van der Waals surface area contributed by atoms with E-state index in [1.807, 2.05) is 31.2 Å². The van der Waals surface area contributed by atoms with Crippen molar-refractivity contribution < 1.29 is 9.90 Å². The zero-order chi connectivity index (χ0) is 15.4. The Morgan fingerprint density at radius 2 is 2.05 bits per heavy atom. The van der Waals surface area contributed by atoms with Gasteiger partial charge in [0, 0.05) is 18.1 Å². The van der Waals surface area contributed by atoms with Crippen molar-refractivity contribution in [3.05, 3.63) is 34.9 Å². The minimum absolute atomic E-state index is 0.0436. The van der Waals surface area contributed by atoms with E-state index >= 15 is 0 Å². The lowest BCUT2D eigenvalue weighted by Crippen LogP contribution is -2.45. The van der Waals surface area contributed by atoms with Crippen molar-refractivity contribution >= 4 is 17.6 Å². The van der Waals surface area contributed by atoms with E-state index in [9.17, 15) is 9.90 Å². The highest BCUT2D eigenvalue weighted by atomic mass is 35.5. The third-order valence-corrected chi connectivity index (χ3v) is 4.49. The summed E-state index contributed by atoms with van der Waals surface area (Å²) in [4.78, 5) is 14.0. The molecule has 1 aromatic rings. The maximum atomic E-state index is 12.3. The number of rotatable bonds is 3. The number of carbonyl (C=O) groups is 1. The lowest BCUT2D eigenvalue weighted by Gasteiger charge is -2.31. The molecule has 0 bridgehead atoms. The highest BCUT2D eigenvalue weighted by molar-refractivity contribution is 6.30. The Kier molecular flexibility index (Phi) is 5.48. The number of nitrogens with one attached hydrogen (secondary N) is 1. The summed E-state index contributed by atoms with van der Waals surface area (Å²) in [5.74, 6) is 0. The van der Waals surface area contributed by atoms with E-state index in [4.69, 9.17) is 11.6 Å². The van der Waals surface area contributed by atoms with Crippen molar-refractivity contribution in [2.24, 2.45) is 0 Å². The zero-order valence-corrected chi connectivity index (χ0v) is 13.3. The second-order valence-corrected chi connectivity index (χ2v) is 6.23. The van der Waals surface area contributed by atoms with Gasteiger partial charge in [-0.15, -0.1) is 0 Å². The molecule has 0 radical (unpaired) electrons. The summed E-state index contributed by atoms with van der Waals surface area (Å²) in [6.07, 6.45) is 3.00. The highest BCUT2D eigenvalue weighted by Gasteiger charge is 2.24. The van der Waals surface area contributed by atoms with Crippen LogP contribution < -0.4 is 5.32 Å². The standard InChI is InChI=1S/C16H23ClN2O2/c1-11(12-4-3-5-13(17)10-12)19(2)16(21)18-14-6-8-15(20)9-7-14/h3-5,10-11,14-15,20H,6-9H2,1-2H3,(H,18,21). The van der Waals surface area contributed by atoms with Gasteiger partial charge in [-0.05, 0) is 50.3 Å². The summed E-state index contributed by atoms with van der Waals surface area (Å²) in [5, 5.41) is 13.2. The molecule has 1 aromatic carbocycles. The van der Waals surface area contributed by atoms with E-state index < -0.39 is 0 Å². The summed E-state index contributed by atoms with van der Waals surface area (Å²) in [6.45, 7) is 1.98. The topological polar surface area (TPSA) is 52.6 Å². The fraction of sp³-hybridized carbons (Fsp3) is 0.562. The molecule has 0 spiro atoms. The zero-order valence-electron chi connectivity index (χ0n) is 12.6. The molecular weight excluding hydrogens is 288 g/mol. The van der Waals surface area contributed by atoms with E-state index in [1.165, 1.54) is 0 Å². The van der Waals surface area contributed by atoms with Gasteiger partial charge in [0.05, 0.1) is 12.1 Å². The maximum Gasteiger partial charge on any atom is 0.317 e. The minimum atomic E-state index is -0.207. The van der Waals surface area contributed by atoms with Crippen LogP contribution in [-0.4, -0.2) is 35.2 Å². The fourth-order valence-corrected chi connectivity index (χ4v) is 2.86. The average molecular weight is 311 g/mol. The summed E-state index contributed by atoms with van der Waals surface area (Å²) < 4.78 is 0. The molecule has 0 saturated heterocycles. The van der Waals surface area contributed by atoms with Crippen LogP contribution in [0.2, 0.25) is 5.02 Å². The number of halogens is 1. The smallest absolute Gasteiger partial charge is 0.317 e. The number of urea groups is 1. The molecule has 1 aliphatic rings. The molecule has 4 nitrogen and oxygen atoms in total. The van der Waals surface area contributed by atoms with Crippen LogP contribution in [0, 0.1) is 0 Å². The lowest BCUT2D eigenvalue weighted by molar-refractivity contribution is 0.115. The minimum Gasteiger partial charge on any atom is -0.393 e. The Morgan fingerprint density at radius 3 is 2.67 bits per heavy atom. The van der Waals surface area contributed by atoms with Crippen LogP contribution in [0.25, 0.3) is 0 Å². The van der Waals surface area contributed by atoms with Crippen LogP contribution >= 0.6 is 11.6 Å². The molecule has 0 aromatic heterocycles. The normalized spacial score (nSPS) is 23.4. The van der Waals surface area contributed by atoms with E-state index in [0.717, 1.165) is 31.2 Å². The second kappa shape index (κ2) is 7.14. The van der Waals surface area contributed by atoms with Crippen molar-refractivity contribution in [3.63, 3.8) is 0 Å². The van der Waals surface area contributed by atoms with Gasteiger partial charge in [-0.1, -0.05) is 23.7 Å². The van der Waals surface area contributed by atoms with Crippen LogP contribution in [-0.2, 0) is 0 Å². The molecule has 2 amide bonds. The average Bonchev–Trinajstić information content (AvgIpc) is 2.48. The highest BCUT2D eigenvalue weighted by Crippen LogP contribution is 2.23. The molecular formula is C16H23ClN2O2. The molecule has 116 valence electrons. The fourth-order valence-electron chi connectivity index (χ4n) is 2.66. The van der Waals surface area contributed by atoms with Gasteiger partial charge < -0.3 is 15.3 Å². The van der Waals surface area contributed by atoms with Gasteiger partial charge in [-0.25, -0.2) is 4.79 Å². The van der Waals surface area contributed by atoms with Gasteiger partial charge in [0.2, 0.25) is 0 Å². The largest absolute Gasteiger partial charge is 0.393 e. The Hall–Kier alpha value is -1.26. The second-order valence-electron chi connectivity index (χ2n) is 5.80. The molecule has 5 heteroatoms. The van der Waals surface area contributed by atoms with Gasteiger partial charge in [0.1, 0.15) is 0 Å². The number of aliphatic hydroxyl groups is 1. The predicted octanol–water partition coefficient (Wildman–Crippen LogP) is 3.35. The monoisotopic (exact) mass is 310 g/mol. The first-order valence-corrected chi connectivity index (χ1v) is 7.82. The Morgan fingerprint density at radius 1 is 1.38 bits per heavy atom. The summed E-state index contributed by atoms with van der Waals surface area (Å²) in [6, 6.07) is 7.61. The van der Waals surface area contributed by atoms with Crippen molar-refractivity contribution in [1.29, 1.82) is 0 Å². The molecule has 21 heavy (non-hydrogen) atoms. The number of hydrogen-bond acceptors (Lipinski definition) is 2. The van der Waals surface area contributed by atoms with Gasteiger partial charge >= 0.3 is 6.03 Å². The molecule has 1 saturated carbocycles. The van der Waals surface area contributed by atoms with Crippen LogP contribution in [0.15, 0.2) is 24.3 Å². The number of amides is 2. The van der Waals surface area contributed by atoms with E-state index in [1.54, 1.807) is 11.9 Å². The first-order valence-electron chi connectivity index (χ1n) is 7.44. The Labute approximate surface area is 131 Å². The van der Waals surface area contributed by atoms with E-state index in [0.29, 0.717) is 5.02 Å². The van der Waals surface area contributed by atoms with E-state index in [-0.39, 0.29) is 24.2 Å². The van der Waals surface area contributed by atoms with Gasteiger partial charge in [-0.3, -0.25) is 0 Å². The summed E-state index contributed by atoms with van der Waals surface area (Å²) in [5.41, 5.74) is 1.01. The van der Waals surface area contributed by atoms with Crippen molar-refractivity contribution in [2.75, 3.05) is 7.05 Å². The number of hydrogen-bond donors (Lipinski definition) is 2.